The normalized spacial score (nSPS) is 15.1. The number of nitro benzene ring substituents is 1. The molecule has 1 fully saturated rings. The van der Waals surface area contributed by atoms with Gasteiger partial charge in [-0.2, -0.15) is 4.31 Å². The molecule has 3 aromatic carbocycles. The Morgan fingerprint density at radius 3 is 2.33 bits per heavy atom. The molecule has 12 heteroatoms. The Kier molecular flexibility index (Phi) is 6.12. The van der Waals surface area contributed by atoms with E-state index >= 15 is 0 Å². The van der Waals surface area contributed by atoms with E-state index in [0.717, 1.165) is 11.8 Å². The van der Waals surface area contributed by atoms with Crippen LogP contribution in [0.3, 0.4) is 0 Å². The second-order valence-corrected chi connectivity index (χ2v) is 10.1. The van der Waals surface area contributed by atoms with E-state index in [1.54, 1.807) is 24.3 Å². The van der Waals surface area contributed by atoms with Gasteiger partial charge in [-0.15, -0.1) is 10.2 Å². The van der Waals surface area contributed by atoms with E-state index in [1.165, 1.54) is 16.4 Å². The average molecular weight is 507 g/mol. The van der Waals surface area contributed by atoms with Crippen molar-refractivity contribution in [1.29, 1.82) is 0 Å². The summed E-state index contributed by atoms with van der Waals surface area (Å²) >= 11 is 0. The number of para-hydroxylation sites is 2. The quantitative estimate of drug-likeness (QED) is 0.220. The lowest BCUT2D eigenvalue weighted by molar-refractivity contribution is -0.385. The topological polar surface area (TPSA) is 144 Å². The summed E-state index contributed by atoms with van der Waals surface area (Å²) in [6, 6.07) is 20.2. The van der Waals surface area contributed by atoms with Crippen LogP contribution in [-0.2, 0) is 10.0 Å². The molecule has 0 spiro atoms. The standard InChI is InChI=1S/C24H22N6O5S/c31-24-23(19-8-4-5-9-20(19)25-24)27-26-21-11-10-18(30(32)33)16-22(21)36(34,35)29-14-12-28(13-15-29)17-6-2-1-3-7-17/h1-11,16,25,31H,12-15H2. The van der Waals surface area contributed by atoms with E-state index in [4.69, 9.17) is 0 Å². The third-order valence-corrected chi connectivity index (χ3v) is 7.98. The Balaban J connectivity index is 1.48. The van der Waals surface area contributed by atoms with Gasteiger partial charge in [-0.1, -0.05) is 36.4 Å². The first-order valence-electron chi connectivity index (χ1n) is 11.1. The zero-order chi connectivity index (χ0) is 25.3. The molecule has 36 heavy (non-hydrogen) atoms. The highest BCUT2D eigenvalue weighted by molar-refractivity contribution is 7.89. The van der Waals surface area contributed by atoms with Crippen molar-refractivity contribution in [3.05, 3.63) is 82.9 Å². The summed E-state index contributed by atoms with van der Waals surface area (Å²) in [7, 11) is -4.12. The Labute approximate surface area is 206 Å². The minimum Gasteiger partial charge on any atom is -0.493 e. The molecule has 2 N–H and O–H groups in total. The van der Waals surface area contributed by atoms with Crippen molar-refractivity contribution in [2.45, 2.75) is 4.90 Å². The summed E-state index contributed by atoms with van der Waals surface area (Å²) in [5.74, 6) is -0.219. The molecule has 1 aliphatic heterocycles. The second-order valence-electron chi connectivity index (χ2n) is 8.20. The van der Waals surface area contributed by atoms with Gasteiger partial charge in [0.15, 0.2) is 5.69 Å². The number of anilines is 1. The number of nitro groups is 1. The van der Waals surface area contributed by atoms with Gasteiger partial charge < -0.3 is 15.0 Å². The molecule has 4 aromatic rings. The lowest BCUT2D eigenvalue weighted by atomic mass is 10.2. The number of sulfonamides is 1. The van der Waals surface area contributed by atoms with Crippen molar-refractivity contribution in [3.8, 4) is 5.88 Å². The Bertz CT molecular complexity index is 1560. The maximum absolute atomic E-state index is 13.6. The summed E-state index contributed by atoms with van der Waals surface area (Å²) in [5, 5.41) is 30.4. The molecule has 0 aliphatic carbocycles. The molecule has 1 aromatic heterocycles. The van der Waals surface area contributed by atoms with Gasteiger partial charge >= 0.3 is 0 Å². The Morgan fingerprint density at radius 1 is 0.917 bits per heavy atom. The van der Waals surface area contributed by atoms with Crippen LogP contribution in [-0.4, -0.2) is 53.9 Å². The van der Waals surface area contributed by atoms with Gasteiger partial charge in [0.2, 0.25) is 15.9 Å². The van der Waals surface area contributed by atoms with Crippen LogP contribution in [0.15, 0.2) is 87.9 Å². The average Bonchev–Trinajstić information content (AvgIpc) is 3.22. The summed E-state index contributed by atoms with van der Waals surface area (Å²) in [6.45, 7) is 1.36. The van der Waals surface area contributed by atoms with Gasteiger partial charge in [-0.25, -0.2) is 8.42 Å². The molecule has 2 heterocycles. The van der Waals surface area contributed by atoms with Crippen molar-refractivity contribution in [2.75, 3.05) is 31.1 Å². The van der Waals surface area contributed by atoms with E-state index in [2.05, 4.69) is 20.1 Å². The van der Waals surface area contributed by atoms with Gasteiger partial charge in [0, 0.05) is 49.4 Å². The van der Waals surface area contributed by atoms with Crippen LogP contribution in [0.1, 0.15) is 0 Å². The Morgan fingerprint density at radius 2 is 1.61 bits per heavy atom. The monoisotopic (exact) mass is 506 g/mol. The zero-order valence-electron chi connectivity index (χ0n) is 19.0. The van der Waals surface area contributed by atoms with Crippen molar-refractivity contribution in [3.63, 3.8) is 0 Å². The number of aromatic nitrogens is 1. The third-order valence-electron chi connectivity index (χ3n) is 6.05. The van der Waals surface area contributed by atoms with Crippen LogP contribution < -0.4 is 4.90 Å². The zero-order valence-corrected chi connectivity index (χ0v) is 19.8. The smallest absolute Gasteiger partial charge is 0.270 e. The fraction of sp³-hybridized carbons (Fsp3) is 0.167. The Hall–Kier alpha value is -4.29. The number of H-pyrrole nitrogens is 1. The highest BCUT2D eigenvalue weighted by atomic mass is 32.2. The third kappa shape index (κ3) is 4.39. The fourth-order valence-electron chi connectivity index (χ4n) is 4.19. The maximum Gasteiger partial charge on any atom is 0.270 e. The minimum absolute atomic E-state index is 0.0595. The van der Waals surface area contributed by atoms with Crippen molar-refractivity contribution >= 4 is 43.7 Å². The van der Waals surface area contributed by atoms with Crippen molar-refractivity contribution in [2.24, 2.45) is 10.2 Å². The lowest BCUT2D eigenvalue weighted by Gasteiger charge is -2.35. The molecule has 1 saturated heterocycles. The highest BCUT2D eigenvalue weighted by Gasteiger charge is 2.32. The van der Waals surface area contributed by atoms with Gasteiger partial charge in [0.25, 0.3) is 5.69 Å². The largest absolute Gasteiger partial charge is 0.493 e. The van der Waals surface area contributed by atoms with Crippen LogP contribution in [0.25, 0.3) is 10.9 Å². The lowest BCUT2D eigenvalue weighted by Crippen LogP contribution is -2.48. The van der Waals surface area contributed by atoms with Crippen LogP contribution >= 0.6 is 0 Å². The van der Waals surface area contributed by atoms with Crippen molar-refractivity contribution < 1.29 is 18.4 Å². The predicted octanol–water partition coefficient (Wildman–Crippen LogP) is 4.71. The number of hydrogen-bond acceptors (Lipinski definition) is 8. The number of non-ortho nitro benzene ring substituents is 1. The van der Waals surface area contributed by atoms with Gasteiger partial charge in [0.05, 0.1) is 10.4 Å². The molecule has 1 aliphatic rings. The molecule has 0 radical (unpaired) electrons. The fourth-order valence-corrected chi connectivity index (χ4v) is 5.75. The molecule has 0 unspecified atom stereocenters. The van der Waals surface area contributed by atoms with Gasteiger partial charge in [-0.3, -0.25) is 10.1 Å². The second kappa shape index (κ2) is 9.40. The number of rotatable bonds is 6. The number of aromatic hydroxyl groups is 1. The molecule has 5 rings (SSSR count). The number of nitrogens with one attached hydrogen (secondary N) is 1. The molecule has 0 saturated carbocycles. The summed E-state index contributed by atoms with van der Waals surface area (Å²) in [6.07, 6.45) is 0. The molecule has 0 amide bonds. The number of piperazine rings is 1. The summed E-state index contributed by atoms with van der Waals surface area (Å²) in [4.78, 5) is 15.3. The van der Waals surface area contributed by atoms with Crippen LogP contribution in [0.5, 0.6) is 5.88 Å². The summed E-state index contributed by atoms with van der Waals surface area (Å²) < 4.78 is 28.5. The first-order valence-corrected chi connectivity index (χ1v) is 12.6. The van der Waals surface area contributed by atoms with Gasteiger partial charge in [-0.05, 0) is 24.3 Å². The van der Waals surface area contributed by atoms with Crippen LogP contribution in [0, 0.1) is 10.1 Å². The molecular formula is C24H22N6O5S. The maximum atomic E-state index is 13.6. The van der Waals surface area contributed by atoms with E-state index < -0.39 is 14.9 Å². The van der Waals surface area contributed by atoms with E-state index in [1.807, 2.05) is 30.3 Å². The molecule has 11 nitrogen and oxygen atoms in total. The first kappa shape index (κ1) is 23.5. The highest BCUT2D eigenvalue weighted by Crippen LogP contribution is 2.38. The number of benzene rings is 3. The number of hydrogen-bond donors (Lipinski definition) is 2. The SMILES string of the molecule is O=[N+]([O-])c1ccc(N=Nc2c(O)[nH]c3ccccc23)c(S(=O)(=O)N2CCN(c3ccccc3)CC2)c1. The molecular weight excluding hydrogens is 484 g/mol. The molecule has 0 bridgehead atoms. The number of azo groups is 1. The van der Waals surface area contributed by atoms with E-state index in [9.17, 15) is 23.6 Å². The van der Waals surface area contributed by atoms with E-state index in [0.29, 0.717) is 24.0 Å². The minimum atomic E-state index is -4.12. The number of aromatic amines is 1. The van der Waals surface area contributed by atoms with E-state index in [-0.39, 0.29) is 40.9 Å². The first-order chi connectivity index (χ1) is 17.3. The number of nitrogens with zero attached hydrogens (tertiary/aromatic N) is 5. The van der Waals surface area contributed by atoms with Crippen LogP contribution in [0.4, 0.5) is 22.7 Å². The van der Waals surface area contributed by atoms with Gasteiger partial charge in [0.1, 0.15) is 10.6 Å². The molecule has 184 valence electrons. The predicted molar refractivity (Wildman–Crippen MR) is 135 cm³/mol. The summed E-state index contributed by atoms with van der Waals surface area (Å²) in [5.41, 5.74) is 1.35. The number of fused-ring (bicyclic) bond motifs is 1. The van der Waals surface area contributed by atoms with Crippen LogP contribution in [0.2, 0.25) is 0 Å². The molecule has 0 atom stereocenters. The van der Waals surface area contributed by atoms with Crippen molar-refractivity contribution in [1.82, 2.24) is 9.29 Å².